The van der Waals surface area contributed by atoms with Crippen LogP contribution in [0, 0.1) is 0 Å². The number of aliphatic hydroxyl groups is 1. The van der Waals surface area contributed by atoms with Crippen molar-refractivity contribution >= 4 is 40.5 Å². The van der Waals surface area contributed by atoms with Crippen LogP contribution in [0.25, 0.3) is 0 Å². The van der Waals surface area contributed by atoms with Gasteiger partial charge in [-0.05, 0) is 36.6 Å². The molecular formula is C18H20Cl2N2O2. The fourth-order valence-electron chi connectivity index (χ4n) is 2.58. The Morgan fingerprint density at radius 2 is 1.75 bits per heavy atom. The molecule has 1 amide bonds. The minimum absolute atomic E-state index is 0.0978. The maximum absolute atomic E-state index is 11.9. The van der Waals surface area contributed by atoms with Gasteiger partial charge in [-0.3, -0.25) is 4.79 Å². The molecule has 0 fully saturated rings. The first-order valence-corrected chi connectivity index (χ1v) is 8.50. The topological polar surface area (TPSA) is 75.4 Å². The molecule has 0 radical (unpaired) electrons. The summed E-state index contributed by atoms with van der Waals surface area (Å²) >= 11 is 12.4. The van der Waals surface area contributed by atoms with Crippen LogP contribution in [0.4, 0.5) is 11.4 Å². The van der Waals surface area contributed by atoms with Crippen LogP contribution in [0.2, 0.25) is 10.0 Å². The first-order valence-electron chi connectivity index (χ1n) is 7.74. The van der Waals surface area contributed by atoms with Gasteiger partial charge >= 0.3 is 0 Å². The Balaban J connectivity index is 2.33. The summed E-state index contributed by atoms with van der Waals surface area (Å²) in [7, 11) is 0. The van der Waals surface area contributed by atoms with Gasteiger partial charge < -0.3 is 16.2 Å². The third-order valence-electron chi connectivity index (χ3n) is 3.80. The second-order valence-corrected chi connectivity index (χ2v) is 6.30. The second kappa shape index (κ2) is 8.92. The molecule has 0 bridgehead atoms. The third kappa shape index (κ3) is 4.63. The number of nitrogens with two attached hydrogens (primary N) is 1. The highest BCUT2D eigenvalue weighted by atomic mass is 35.5. The van der Waals surface area contributed by atoms with Crippen molar-refractivity contribution in [2.24, 2.45) is 5.73 Å². The Labute approximate surface area is 151 Å². The second-order valence-electron chi connectivity index (χ2n) is 5.48. The molecule has 0 spiro atoms. The van der Waals surface area contributed by atoms with E-state index < -0.39 is 11.8 Å². The lowest BCUT2D eigenvalue weighted by atomic mass is 9.91. The van der Waals surface area contributed by atoms with Crippen molar-refractivity contribution in [2.45, 2.75) is 25.2 Å². The molecule has 0 aliphatic carbocycles. The lowest BCUT2D eigenvalue weighted by Gasteiger charge is -2.19. The van der Waals surface area contributed by atoms with E-state index >= 15 is 0 Å². The Bertz CT molecular complexity index is 687. The molecule has 1 unspecified atom stereocenters. The van der Waals surface area contributed by atoms with Crippen LogP contribution < -0.4 is 11.1 Å². The number of unbranched alkanes of at least 4 members (excludes halogenated alkanes) is 1. The molecule has 0 aromatic heterocycles. The Hall–Kier alpha value is -1.75. The number of aliphatic hydroxyl groups excluding tert-OH is 1. The van der Waals surface area contributed by atoms with Gasteiger partial charge in [0.2, 0.25) is 5.91 Å². The van der Waals surface area contributed by atoms with Crippen LogP contribution in [0.3, 0.4) is 0 Å². The fraction of sp³-hybridized carbons (Fsp3) is 0.278. The number of carbonyl (C=O) groups excluding carboxylic acids is 1. The minimum Gasteiger partial charge on any atom is -0.396 e. The number of amides is 1. The summed E-state index contributed by atoms with van der Waals surface area (Å²) in [5, 5.41) is 13.1. The van der Waals surface area contributed by atoms with Crippen molar-refractivity contribution in [1.82, 2.24) is 0 Å². The Morgan fingerprint density at radius 3 is 2.38 bits per heavy atom. The molecule has 0 saturated heterocycles. The molecule has 128 valence electrons. The summed E-state index contributed by atoms with van der Waals surface area (Å²) < 4.78 is 0. The molecule has 2 rings (SSSR count). The normalized spacial score (nSPS) is 12.0. The van der Waals surface area contributed by atoms with Crippen molar-refractivity contribution in [3.8, 4) is 0 Å². The number of para-hydroxylation sites is 2. The van der Waals surface area contributed by atoms with Crippen LogP contribution in [-0.2, 0) is 4.79 Å². The van der Waals surface area contributed by atoms with Gasteiger partial charge in [-0.25, -0.2) is 0 Å². The van der Waals surface area contributed by atoms with Gasteiger partial charge in [-0.1, -0.05) is 53.9 Å². The largest absolute Gasteiger partial charge is 0.396 e. The van der Waals surface area contributed by atoms with E-state index in [-0.39, 0.29) is 6.61 Å². The highest BCUT2D eigenvalue weighted by Crippen LogP contribution is 2.36. The predicted molar refractivity (Wildman–Crippen MR) is 99.1 cm³/mol. The maximum atomic E-state index is 11.9. The van der Waals surface area contributed by atoms with E-state index in [1.54, 1.807) is 18.2 Å². The van der Waals surface area contributed by atoms with Gasteiger partial charge in [0, 0.05) is 12.3 Å². The molecule has 0 aliphatic rings. The van der Waals surface area contributed by atoms with E-state index in [1.165, 1.54) is 0 Å². The number of hydrogen-bond donors (Lipinski definition) is 3. The molecule has 2 aromatic rings. The molecule has 0 aliphatic heterocycles. The molecule has 4 nitrogen and oxygen atoms in total. The first kappa shape index (κ1) is 18.6. The summed E-state index contributed by atoms with van der Waals surface area (Å²) in [6.45, 7) is 0.0978. The zero-order chi connectivity index (χ0) is 17.5. The molecule has 4 N–H and O–H groups in total. The summed E-state index contributed by atoms with van der Waals surface area (Å²) in [4.78, 5) is 11.9. The monoisotopic (exact) mass is 366 g/mol. The fourth-order valence-corrected chi connectivity index (χ4v) is 3.07. The maximum Gasteiger partial charge on any atom is 0.225 e. The Morgan fingerprint density at radius 1 is 1.08 bits per heavy atom. The van der Waals surface area contributed by atoms with Gasteiger partial charge in [0.15, 0.2) is 0 Å². The Kier molecular flexibility index (Phi) is 6.91. The molecular weight excluding hydrogens is 347 g/mol. The van der Waals surface area contributed by atoms with Crippen molar-refractivity contribution in [1.29, 1.82) is 0 Å². The van der Waals surface area contributed by atoms with Crippen LogP contribution in [-0.4, -0.2) is 17.6 Å². The molecule has 0 heterocycles. The number of benzene rings is 2. The molecule has 24 heavy (non-hydrogen) atoms. The standard InChI is InChI=1S/C18H20Cl2N2O2/c19-14-8-5-9-15(20)17(14)22-16-10-2-1-6-12(16)13(18(21)24)7-3-4-11-23/h1-2,5-6,8-10,13,22-23H,3-4,7,11H2,(H2,21,24). The van der Waals surface area contributed by atoms with Crippen molar-refractivity contribution < 1.29 is 9.90 Å². The lowest BCUT2D eigenvalue weighted by Crippen LogP contribution is -2.22. The smallest absolute Gasteiger partial charge is 0.225 e. The number of rotatable bonds is 8. The van der Waals surface area contributed by atoms with Crippen LogP contribution in [0.1, 0.15) is 30.7 Å². The van der Waals surface area contributed by atoms with Crippen LogP contribution >= 0.6 is 23.2 Å². The average molecular weight is 367 g/mol. The number of anilines is 2. The van der Waals surface area contributed by atoms with Gasteiger partial charge in [0.25, 0.3) is 0 Å². The van der Waals surface area contributed by atoms with E-state index in [4.69, 9.17) is 34.0 Å². The lowest BCUT2D eigenvalue weighted by molar-refractivity contribution is -0.119. The van der Waals surface area contributed by atoms with Crippen molar-refractivity contribution in [3.05, 3.63) is 58.1 Å². The third-order valence-corrected chi connectivity index (χ3v) is 4.43. The number of halogens is 2. The van der Waals surface area contributed by atoms with E-state index in [9.17, 15) is 4.79 Å². The van der Waals surface area contributed by atoms with Crippen molar-refractivity contribution in [3.63, 3.8) is 0 Å². The highest BCUT2D eigenvalue weighted by Gasteiger charge is 2.21. The molecule has 6 heteroatoms. The predicted octanol–water partition coefficient (Wildman–Crippen LogP) is 4.47. The van der Waals surface area contributed by atoms with Gasteiger partial charge in [-0.2, -0.15) is 0 Å². The number of carbonyl (C=O) groups is 1. The van der Waals surface area contributed by atoms with E-state index in [1.807, 2.05) is 24.3 Å². The number of nitrogens with one attached hydrogen (secondary N) is 1. The van der Waals surface area contributed by atoms with E-state index in [0.29, 0.717) is 35.0 Å². The first-order chi connectivity index (χ1) is 11.5. The quantitative estimate of drug-likeness (QED) is 0.603. The number of hydrogen-bond acceptors (Lipinski definition) is 3. The molecule has 2 aromatic carbocycles. The van der Waals surface area contributed by atoms with Gasteiger partial charge in [-0.15, -0.1) is 0 Å². The van der Waals surface area contributed by atoms with Gasteiger partial charge in [0.1, 0.15) is 0 Å². The average Bonchev–Trinajstić information content (AvgIpc) is 2.55. The van der Waals surface area contributed by atoms with E-state index in [0.717, 1.165) is 11.3 Å². The molecule has 0 saturated carbocycles. The zero-order valence-electron chi connectivity index (χ0n) is 13.1. The summed E-state index contributed by atoms with van der Waals surface area (Å²) in [5.74, 6) is -0.839. The van der Waals surface area contributed by atoms with E-state index in [2.05, 4.69) is 5.32 Å². The van der Waals surface area contributed by atoms with Crippen LogP contribution in [0.5, 0.6) is 0 Å². The van der Waals surface area contributed by atoms with Crippen molar-refractivity contribution in [2.75, 3.05) is 11.9 Å². The highest BCUT2D eigenvalue weighted by molar-refractivity contribution is 6.39. The minimum atomic E-state index is -0.443. The summed E-state index contributed by atoms with van der Waals surface area (Å²) in [6.07, 6.45) is 1.92. The molecule has 1 atom stereocenters. The number of primary amides is 1. The summed E-state index contributed by atoms with van der Waals surface area (Å²) in [6, 6.07) is 12.7. The summed E-state index contributed by atoms with van der Waals surface area (Å²) in [5.41, 5.74) is 7.71. The zero-order valence-corrected chi connectivity index (χ0v) is 14.6. The van der Waals surface area contributed by atoms with Gasteiger partial charge in [0.05, 0.1) is 21.7 Å². The van der Waals surface area contributed by atoms with Crippen LogP contribution in [0.15, 0.2) is 42.5 Å². The SMILES string of the molecule is NC(=O)C(CCCCO)c1ccccc1Nc1c(Cl)cccc1Cl.